The van der Waals surface area contributed by atoms with E-state index in [9.17, 15) is 9.90 Å². The maximum atomic E-state index is 12.5. The van der Waals surface area contributed by atoms with Crippen molar-refractivity contribution >= 4 is 16.8 Å². The van der Waals surface area contributed by atoms with E-state index in [0.717, 1.165) is 16.5 Å². The molecule has 1 aromatic heterocycles. The fraction of sp³-hybridized carbons (Fsp3) is 0.211. The standard InChI is InChI=1S/C19H20N2O2/c1-13(12-18(22)14-6-3-2-4-7-14)21-19(23)16-8-5-9-17-15(16)10-11-20-17/h2-11,13,18,20,22H,12H2,1H3,(H,21,23)/t13-,18+/m1/s1. The summed E-state index contributed by atoms with van der Waals surface area (Å²) in [5.41, 5.74) is 2.45. The van der Waals surface area contributed by atoms with Crippen LogP contribution in [-0.2, 0) is 0 Å². The summed E-state index contributed by atoms with van der Waals surface area (Å²) in [6, 6.07) is 16.9. The second-order valence-electron chi connectivity index (χ2n) is 5.78. The molecule has 0 aliphatic rings. The number of hydrogen-bond donors (Lipinski definition) is 3. The van der Waals surface area contributed by atoms with E-state index in [1.165, 1.54) is 0 Å². The lowest BCUT2D eigenvalue weighted by Crippen LogP contribution is -2.33. The van der Waals surface area contributed by atoms with Crippen molar-refractivity contribution in [3.63, 3.8) is 0 Å². The molecule has 0 radical (unpaired) electrons. The van der Waals surface area contributed by atoms with Gasteiger partial charge >= 0.3 is 0 Å². The summed E-state index contributed by atoms with van der Waals surface area (Å²) in [7, 11) is 0. The van der Waals surface area contributed by atoms with Gasteiger partial charge in [-0.15, -0.1) is 0 Å². The molecule has 0 aliphatic heterocycles. The number of amides is 1. The van der Waals surface area contributed by atoms with Crippen LogP contribution in [0.1, 0.15) is 35.4 Å². The zero-order valence-electron chi connectivity index (χ0n) is 13.0. The highest BCUT2D eigenvalue weighted by atomic mass is 16.3. The molecule has 2 aromatic carbocycles. The monoisotopic (exact) mass is 308 g/mol. The van der Waals surface area contributed by atoms with E-state index < -0.39 is 6.10 Å². The van der Waals surface area contributed by atoms with E-state index in [2.05, 4.69) is 10.3 Å². The number of carbonyl (C=O) groups is 1. The summed E-state index contributed by atoms with van der Waals surface area (Å²) in [6.45, 7) is 1.90. The third-order valence-electron chi connectivity index (χ3n) is 3.98. The first-order valence-corrected chi connectivity index (χ1v) is 7.75. The van der Waals surface area contributed by atoms with Gasteiger partial charge < -0.3 is 15.4 Å². The Morgan fingerprint density at radius 3 is 2.70 bits per heavy atom. The second-order valence-corrected chi connectivity index (χ2v) is 5.78. The highest BCUT2D eigenvalue weighted by Gasteiger charge is 2.16. The number of fused-ring (bicyclic) bond motifs is 1. The molecule has 0 fully saturated rings. The largest absolute Gasteiger partial charge is 0.388 e. The molecule has 118 valence electrons. The molecule has 23 heavy (non-hydrogen) atoms. The summed E-state index contributed by atoms with van der Waals surface area (Å²) < 4.78 is 0. The maximum Gasteiger partial charge on any atom is 0.252 e. The van der Waals surface area contributed by atoms with Gasteiger partial charge in [0.05, 0.1) is 6.10 Å². The van der Waals surface area contributed by atoms with Gasteiger partial charge in [0.25, 0.3) is 5.91 Å². The topological polar surface area (TPSA) is 65.1 Å². The number of rotatable bonds is 5. The Morgan fingerprint density at radius 1 is 1.13 bits per heavy atom. The Kier molecular flexibility index (Phi) is 4.44. The van der Waals surface area contributed by atoms with Gasteiger partial charge in [-0.05, 0) is 37.1 Å². The zero-order chi connectivity index (χ0) is 16.2. The van der Waals surface area contributed by atoms with Gasteiger partial charge in [-0.2, -0.15) is 0 Å². The summed E-state index contributed by atoms with van der Waals surface area (Å²) in [4.78, 5) is 15.6. The summed E-state index contributed by atoms with van der Waals surface area (Å²) >= 11 is 0. The van der Waals surface area contributed by atoms with Crippen LogP contribution in [0.2, 0.25) is 0 Å². The first-order valence-electron chi connectivity index (χ1n) is 7.75. The highest BCUT2D eigenvalue weighted by Crippen LogP contribution is 2.20. The molecule has 0 aliphatic carbocycles. The van der Waals surface area contributed by atoms with Crippen molar-refractivity contribution in [2.75, 3.05) is 0 Å². The lowest BCUT2D eigenvalue weighted by atomic mass is 10.0. The van der Waals surface area contributed by atoms with Crippen LogP contribution in [0.5, 0.6) is 0 Å². The van der Waals surface area contributed by atoms with E-state index >= 15 is 0 Å². The number of benzene rings is 2. The number of hydrogen-bond acceptors (Lipinski definition) is 2. The number of nitrogens with one attached hydrogen (secondary N) is 2. The summed E-state index contributed by atoms with van der Waals surface area (Å²) in [6.07, 6.45) is 1.71. The number of aromatic amines is 1. The number of aliphatic hydroxyl groups is 1. The zero-order valence-corrected chi connectivity index (χ0v) is 13.0. The lowest BCUT2D eigenvalue weighted by Gasteiger charge is -2.18. The Bertz CT molecular complexity index is 795. The van der Waals surface area contributed by atoms with Crippen molar-refractivity contribution < 1.29 is 9.90 Å². The number of aromatic nitrogens is 1. The van der Waals surface area contributed by atoms with Crippen LogP contribution < -0.4 is 5.32 Å². The smallest absolute Gasteiger partial charge is 0.252 e. The quantitative estimate of drug-likeness (QED) is 0.676. The van der Waals surface area contributed by atoms with Crippen LogP contribution in [0.3, 0.4) is 0 Å². The van der Waals surface area contributed by atoms with Gasteiger partial charge in [-0.25, -0.2) is 0 Å². The van der Waals surface area contributed by atoms with Gasteiger partial charge in [0.2, 0.25) is 0 Å². The minimum atomic E-state index is -0.588. The normalized spacial score (nSPS) is 13.7. The molecule has 0 unspecified atom stereocenters. The molecule has 3 rings (SSSR count). The van der Waals surface area contributed by atoms with Crippen LogP contribution in [0.25, 0.3) is 10.9 Å². The number of H-pyrrole nitrogens is 1. The molecule has 0 saturated carbocycles. The molecule has 1 heterocycles. The number of aliphatic hydroxyl groups excluding tert-OH is 1. The van der Waals surface area contributed by atoms with Gasteiger partial charge in [-0.1, -0.05) is 36.4 Å². The van der Waals surface area contributed by atoms with Crippen molar-refractivity contribution in [2.24, 2.45) is 0 Å². The molecule has 0 bridgehead atoms. The SMILES string of the molecule is C[C@H](C[C@H](O)c1ccccc1)NC(=O)c1cccc2[nH]ccc12. The lowest BCUT2D eigenvalue weighted by molar-refractivity contribution is 0.0918. The van der Waals surface area contributed by atoms with Crippen LogP contribution in [-0.4, -0.2) is 22.0 Å². The predicted octanol–water partition coefficient (Wildman–Crippen LogP) is 3.41. The van der Waals surface area contributed by atoms with Gasteiger partial charge in [0.15, 0.2) is 0 Å². The molecular formula is C19H20N2O2. The van der Waals surface area contributed by atoms with Crippen LogP contribution in [0, 0.1) is 0 Å². The molecule has 4 heteroatoms. The Labute approximate surface area is 135 Å². The van der Waals surface area contributed by atoms with E-state index in [1.807, 2.05) is 67.7 Å². The Morgan fingerprint density at radius 2 is 1.91 bits per heavy atom. The van der Waals surface area contributed by atoms with Crippen LogP contribution >= 0.6 is 0 Å². The fourth-order valence-electron chi connectivity index (χ4n) is 2.79. The maximum absolute atomic E-state index is 12.5. The van der Waals surface area contributed by atoms with Crippen molar-refractivity contribution in [1.82, 2.24) is 10.3 Å². The molecule has 2 atom stereocenters. The van der Waals surface area contributed by atoms with E-state index in [1.54, 1.807) is 0 Å². The van der Waals surface area contributed by atoms with Gasteiger partial charge in [0.1, 0.15) is 0 Å². The third kappa shape index (κ3) is 3.43. The Balaban J connectivity index is 1.67. The molecule has 3 aromatic rings. The average molecular weight is 308 g/mol. The fourth-order valence-corrected chi connectivity index (χ4v) is 2.79. The first-order chi connectivity index (χ1) is 11.1. The minimum Gasteiger partial charge on any atom is -0.388 e. The third-order valence-corrected chi connectivity index (χ3v) is 3.98. The molecule has 1 amide bonds. The molecule has 4 nitrogen and oxygen atoms in total. The van der Waals surface area contributed by atoms with Crippen LogP contribution in [0.15, 0.2) is 60.8 Å². The van der Waals surface area contributed by atoms with E-state index in [0.29, 0.717) is 12.0 Å². The van der Waals surface area contributed by atoms with Crippen molar-refractivity contribution in [3.05, 3.63) is 71.9 Å². The van der Waals surface area contributed by atoms with Crippen molar-refractivity contribution in [3.8, 4) is 0 Å². The van der Waals surface area contributed by atoms with Crippen molar-refractivity contribution in [2.45, 2.75) is 25.5 Å². The second kappa shape index (κ2) is 6.67. The van der Waals surface area contributed by atoms with Crippen LogP contribution in [0.4, 0.5) is 0 Å². The molecule has 0 spiro atoms. The predicted molar refractivity (Wildman–Crippen MR) is 91.2 cm³/mol. The highest BCUT2D eigenvalue weighted by molar-refractivity contribution is 6.06. The van der Waals surface area contributed by atoms with E-state index in [4.69, 9.17) is 0 Å². The molecular weight excluding hydrogens is 288 g/mol. The van der Waals surface area contributed by atoms with Gasteiger partial charge in [0, 0.05) is 28.7 Å². The Hall–Kier alpha value is -2.59. The molecule has 3 N–H and O–H groups in total. The minimum absolute atomic E-state index is 0.122. The van der Waals surface area contributed by atoms with E-state index in [-0.39, 0.29) is 11.9 Å². The van der Waals surface area contributed by atoms with Crippen molar-refractivity contribution in [1.29, 1.82) is 0 Å². The first kappa shape index (κ1) is 15.3. The van der Waals surface area contributed by atoms with Gasteiger partial charge in [-0.3, -0.25) is 4.79 Å². The number of carbonyl (C=O) groups excluding carboxylic acids is 1. The summed E-state index contributed by atoms with van der Waals surface area (Å²) in [5, 5.41) is 14.1. The molecule has 0 saturated heterocycles. The summed E-state index contributed by atoms with van der Waals surface area (Å²) in [5.74, 6) is -0.122. The average Bonchev–Trinajstić information content (AvgIpc) is 3.03.